The van der Waals surface area contributed by atoms with Crippen LogP contribution in [0.4, 0.5) is 0 Å². The zero-order valence-electron chi connectivity index (χ0n) is 9.41. The molecule has 0 aliphatic carbocycles. The maximum absolute atomic E-state index is 5.62. The van der Waals surface area contributed by atoms with Crippen LogP contribution in [0.3, 0.4) is 0 Å². The van der Waals surface area contributed by atoms with Gasteiger partial charge in [-0.3, -0.25) is 4.90 Å². The quantitative estimate of drug-likeness (QED) is 0.825. The SMILES string of the molecule is CC1CCCN(Cc2ccoc2CN)C1. The summed E-state index contributed by atoms with van der Waals surface area (Å²) in [4.78, 5) is 2.50. The second kappa shape index (κ2) is 4.81. The molecule has 1 saturated heterocycles. The molecule has 1 aliphatic rings. The third-order valence-corrected chi connectivity index (χ3v) is 3.16. The van der Waals surface area contributed by atoms with Gasteiger partial charge >= 0.3 is 0 Å². The molecule has 2 rings (SSSR count). The summed E-state index contributed by atoms with van der Waals surface area (Å²) in [5, 5.41) is 0. The summed E-state index contributed by atoms with van der Waals surface area (Å²) in [6, 6.07) is 2.04. The van der Waals surface area contributed by atoms with Gasteiger partial charge in [-0.05, 0) is 31.4 Å². The molecule has 84 valence electrons. The van der Waals surface area contributed by atoms with Crippen LogP contribution in [0.2, 0.25) is 0 Å². The molecule has 0 saturated carbocycles. The highest BCUT2D eigenvalue weighted by Gasteiger charge is 2.17. The van der Waals surface area contributed by atoms with E-state index in [0.29, 0.717) is 6.54 Å². The number of rotatable bonds is 3. The molecule has 2 N–H and O–H groups in total. The van der Waals surface area contributed by atoms with E-state index in [2.05, 4.69) is 11.8 Å². The Hall–Kier alpha value is -0.800. The normalized spacial score (nSPS) is 23.2. The molecule has 1 fully saturated rings. The van der Waals surface area contributed by atoms with Gasteiger partial charge in [0.1, 0.15) is 5.76 Å². The minimum absolute atomic E-state index is 0.506. The van der Waals surface area contributed by atoms with Gasteiger partial charge in [0, 0.05) is 18.7 Å². The van der Waals surface area contributed by atoms with Crippen LogP contribution in [0, 0.1) is 5.92 Å². The van der Waals surface area contributed by atoms with Gasteiger partial charge in [-0.25, -0.2) is 0 Å². The van der Waals surface area contributed by atoms with Crippen molar-refractivity contribution in [3.05, 3.63) is 23.7 Å². The first kappa shape index (κ1) is 10.7. The second-order valence-electron chi connectivity index (χ2n) is 4.56. The van der Waals surface area contributed by atoms with Crippen molar-refractivity contribution < 1.29 is 4.42 Å². The predicted octanol–water partition coefficient (Wildman–Crippen LogP) is 1.97. The Kier molecular flexibility index (Phi) is 3.44. The van der Waals surface area contributed by atoms with Gasteiger partial charge < -0.3 is 10.2 Å². The fourth-order valence-electron chi connectivity index (χ4n) is 2.36. The van der Waals surface area contributed by atoms with Gasteiger partial charge in [-0.2, -0.15) is 0 Å². The Morgan fingerprint density at radius 1 is 1.60 bits per heavy atom. The monoisotopic (exact) mass is 208 g/mol. The van der Waals surface area contributed by atoms with E-state index in [-0.39, 0.29) is 0 Å². The lowest BCUT2D eigenvalue weighted by Gasteiger charge is -2.30. The number of hydrogen-bond donors (Lipinski definition) is 1. The van der Waals surface area contributed by atoms with E-state index in [1.54, 1.807) is 6.26 Å². The maximum Gasteiger partial charge on any atom is 0.121 e. The summed E-state index contributed by atoms with van der Waals surface area (Å²) in [7, 11) is 0. The number of furan rings is 1. The van der Waals surface area contributed by atoms with Crippen LogP contribution < -0.4 is 5.73 Å². The van der Waals surface area contributed by atoms with Gasteiger partial charge in [0.15, 0.2) is 0 Å². The molecule has 0 amide bonds. The minimum atomic E-state index is 0.506. The predicted molar refractivity (Wildman–Crippen MR) is 60.3 cm³/mol. The molecule has 3 heteroatoms. The summed E-state index contributed by atoms with van der Waals surface area (Å²) in [6.45, 7) is 6.24. The highest BCUT2D eigenvalue weighted by Crippen LogP contribution is 2.19. The standard InChI is InChI=1S/C12H20N2O/c1-10-3-2-5-14(8-10)9-11-4-6-15-12(11)7-13/h4,6,10H,2-3,5,7-9,13H2,1H3. The zero-order valence-corrected chi connectivity index (χ0v) is 9.41. The van der Waals surface area contributed by atoms with E-state index in [0.717, 1.165) is 18.2 Å². The molecule has 1 atom stereocenters. The Balaban J connectivity index is 1.96. The van der Waals surface area contributed by atoms with Crippen molar-refractivity contribution in [3.63, 3.8) is 0 Å². The summed E-state index contributed by atoms with van der Waals surface area (Å²) in [5.74, 6) is 1.76. The molecule has 1 aromatic rings. The van der Waals surface area contributed by atoms with E-state index in [1.807, 2.05) is 6.07 Å². The van der Waals surface area contributed by atoms with Crippen molar-refractivity contribution in [1.29, 1.82) is 0 Å². The lowest BCUT2D eigenvalue weighted by Crippen LogP contribution is -2.33. The molecule has 2 heterocycles. The Morgan fingerprint density at radius 2 is 2.47 bits per heavy atom. The molecule has 1 aromatic heterocycles. The Bertz CT molecular complexity index is 308. The van der Waals surface area contributed by atoms with Crippen molar-refractivity contribution in [2.24, 2.45) is 11.7 Å². The maximum atomic E-state index is 5.62. The van der Waals surface area contributed by atoms with E-state index in [9.17, 15) is 0 Å². The molecule has 0 aromatic carbocycles. The van der Waals surface area contributed by atoms with Crippen molar-refractivity contribution in [1.82, 2.24) is 4.90 Å². The lowest BCUT2D eigenvalue weighted by molar-refractivity contribution is 0.175. The smallest absolute Gasteiger partial charge is 0.121 e. The van der Waals surface area contributed by atoms with E-state index in [4.69, 9.17) is 10.2 Å². The van der Waals surface area contributed by atoms with Crippen LogP contribution in [-0.4, -0.2) is 18.0 Å². The van der Waals surface area contributed by atoms with Crippen LogP contribution >= 0.6 is 0 Å². The fourth-order valence-corrected chi connectivity index (χ4v) is 2.36. The molecule has 0 bridgehead atoms. The number of hydrogen-bond acceptors (Lipinski definition) is 3. The van der Waals surface area contributed by atoms with Crippen molar-refractivity contribution in [2.75, 3.05) is 13.1 Å². The first-order chi connectivity index (χ1) is 7.29. The molecular formula is C12H20N2O. The number of piperidine rings is 1. The highest BCUT2D eigenvalue weighted by molar-refractivity contribution is 5.16. The van der Waals surface area contributed by atoms with Crippen molar-refractivity contribution in [3.8, 4) is 0 Å². The van der Waals surface area contributed by atoms with Crippen molar-refractivity contribution >= 4 is 0 Å². The summed E-state index contributed by atoms with van der Waals surface area (Å²) < 4.78 is 5.33. The van der Waals surface area contributed by atoms with E-state index in [1.165, 1.54) is 31.5 Å². The minimum Gasteiger partial charge on any atom is -0.468 e. The third-order valence-electron chi connectivity index (χ3n) is 3.16. The van der Waals surface area contributed by atoms with Gasteiger partial charge in [-0.1, -0.05) is 6.92 Å². The molecular weight excluding hydrogens is 188 g/mol. The molecule has 0 radical (unpaired) electrons. The highest BCUT2D eigenvalue weighted by atomic mass is 16.3. The second-order valence-corrected chi connectivity index (χ2v) is 4.56. The van der Waals surface area contributed by atoms with Crippen LogP contribution in [0.15, 0.2) is 16.7 Å². The largest absolute Gasteiger partial charge is 0.468 e. The van der Waals surface area contributed by atoms with Gasteiger partial charge in [0.25, 0.3) is 0 Å². The number of nitrogens with zero attached hydrogens (tertiary/aromatic N) is 1. The van der Waals surface area contributed by atoms with Gasteiger partial charge in [0.2, 0.25) is 0 Å². The van der Waals surface area contributed by atoms with Gasteiger partial charge in [0.05, 0.1) is 12.8 Å². The Morgan fingerprint density at radius 3 is 3.20 bits per heavy atom. The van der Waals surface area contributed by atoms with Crippen LogP contribution in [-0.2, 0) is 13.1 Å². The average molecular weight is 208 g/mol. The van der Waals surface area contributed by atoms with Crippen LogP contribution in [0.1, 0.15) is 31.1 Å². The number of likely N-dealkylation sites (tertiary alicyclic amines) is 1. The summed E-state index contributed by atoms with van der Waals surface area (Å²) >= 11 is 0. The average Bonchev–Trinajstić information content (AvgIpc) is 2.65. The molecule has 1 unspecified atom stereocenters. The van der Waals surface area contributed by atoms with Crippen LogP contribution in [0.25, 0.3) is 0 Å². The molecule has 3 nitrogen and oxygen atoms in total. The first-order valence-corrected chi connectivity index (χ1v) is 5.77. The zero-order chi connectivity index (χ0) is 10.7. The van der Waals surface area contributed by atoms with E-state index >= 15 is 0 Å². The summed E-state index contributed by atoms with van der Waals surface area (Å²) in [6.07, 6.45) is 4.42. The Labute approximate surface area is 91.2 Å². The lowest BCUT2D eigenvalue weighted by atomic mass is 10.00. The third kappa shape index (κ3) is 2.61. The van der Waals surface area contributed by atoms with Gasteiger partial charge in [-0.15, -0.1) is 0 Å². The molecule has 15 heavy (non-hydrogen) atoms. The number of nitrogens with two attached hydrogens (primary N) is 1. The summed E-state index contributed by atoms with van der Waals surface area (Å²) in [5.41, 5.74) is 6.87. The molecule has 0 spiro atoms. The fraction of sp³-hybridized carbons (Fsp3) is 0.667. The topological polar surface area (TPSA) is 42.4 Å². The van der Waals surface area contributed by atoms with Crippen molar-refractivity contribution in [2.45, 2.75) is 32.9 Å². The van der Waals surface area contributed by atoms with Crippen LogP contribution in [0.5, 0.6) is 0 Å². The van der Waals surface area contributed by atoms with E-state index < -0.39 is 0 Å². The molecule has 1 aliphatic heterocycles. The first-order valence-electron chi connectivity index (χ1n) is 5.77.